The van der Waals surface area contributed by atoms with E-state index >= 15 is 0 Å². The van der Waals surface area contributed by atoms with E-state index in [1.807, 2.05) is 4.90 Å². The first-order chi connectivity index (χ1) is 13.8. The van der Waals surface area contributed by atoms with E-state index in [1.54, 1.807) is 12.1 Å². The fourth-order valence-electron chi connectivity index (χ4n) is 3.24. The van der Waals surface area contributed by atoms with Crippen LogP contribution in [0.25, 0.3) is 0 Å². The number of piperidine rings is 1. The number of carbonyl (C=O) groups is 2. The van der Waals surface area contributed by atoms with Crippen molar-refractivity contribution in [2.45, 2.75) is 19.4 Å². The van der Waals surface area contributed by atoms with Gasteiger partial charge in [0.2, 0.25) is 5.91 Å². The molecule has 0 radical (unpaired) electrons. The van der Waals surface area contributed by atoms with E-state index in [9.17, 15) is 19.2 Å². The van der Waals surface area contributed by atoms with Crippen molar-refractivity contribution in [3.05, 3.63) is 56.5 Å². The van der Waals surface area contributed by atoms with Crippen molar-refractivity contribution in [2.75, 3.05) is 18.0 Å². The van der Waals surface area contributed by atoms with Crippen molar-refractivity contribution in [1.82, 2.24) is 14.1 Å². The third-order valence-electron chi connectivity index (χ3n) is 5.17. The Balaban J connectivity index is 1.56. The number of primary amides is 1. The number of anilines is 1. The molecule has 1 amide bonds. The summed E-state index contributed by atoms with van der Waals surface area (Å²) >= 11 is 0. The minimum Gasteiger partial charge on any atom is -0.459 e. The number of esters is 1. The Morgan fingerprint density at radius 3 is 2.45 bits per heavy atom. The van der Waals surface area contributed by atoms with Crippen molar-refractivity contribution >= 4 is 17.7 Å². The number of hydrogen-bond acceptors (Lipinski definition) is 7. The minimum absolute atomic E-state index is 0.128. The first-order valence-electron chi connectivity index (χ1n) is 9.21. The van der Waals surface area contributed by atoms with Gasteiger partial charge < -0.3 is 15.4 Å². The molecule has 10 heteroatoms. The average molecular weight is 401 g/mol. The summed E-state index contributed by atoms with van der Waals surface area (Å²) in [6.45, 7) is 1.11. The lowest BCUT2D eigenvalue weighted by Gasteiger charge is -2.31. The second kappa shape index (κ2) is 8.29. The van der Waals surface area contributed by atoms with Gasteiger partial charge in [0, 0.05) is 39.4 Å². The van der Waals surface area contributed by atoms with Crippen molar-refractivity contribution < 1.29 is 14.3 Å². The SMILES string of the molecule is Cn1c(COC(=O)C2CCN(c3ccc(C(N)=O)cn3)CC2)cc(=O)n(C)c1=O. The van der Waals surface area contributed by atoms with E-state index in [2.05, 4.69) is 4.98 Å². The van der Waals surface area contributed by atoms with Gasteiger partial charge in [0.25, 0.3) is 5.56 Å². The number of pyridine rings is 1. The number of carbonyl (C=O) groups excluding carboxylic acids is 2. The van der Waals surface area contributed by atoms with Gasteiger partial charge in [-0.05, 0) is 25.0 Å². The molecule has 3 heterocycles. The van der Waals surface area contributed by atoms with Crippen LogP contribution < -0.4 is 21.9 Å². The zero-order valence-electron chi connectivity index (χ0n) is 16.3. The van der Waals surface area contributed by atoms with Gasteiger partial charge in [-0.1, -0.05) is 0 Å². The van der Waals surface area contributed by atoms with E-state index in [4.69, 9.17) is 10.5 Å². The predicted molar refractivity (Wildman–Crippen MR) is 104 cm³/mol. The van der Waals surface area contributed by atoms with Gasteiger partial charge in [-0.3, -0.25) is 23.5 Å². The van der Waals surface area contributed by atoms with Gasteiger partial charge in [0.15, 0.2) is 0 Å². The summed E-state index contributed by atoms with van der Waals surface area (Å²) in [6.07, 6.45) is 2.62. The molecule has 29 heavy (non-hydrogen) atoms. The summed E-state index contributed by atoms with van der Waals surface area (Å²) in [5.41, 5.74) is 5.00. The molecular weight excluding hydrogens is 378 g/mol. The topological polar surface area (TPSA) is 130 Å². The molecule has 2 aromatic rings. The van der Waals surface area contributed by atoms with Gasteiger partial charge in [-0.15, -0.1) is 0 Å². The lowest BCUT2D eigenvalue weighted by Crippen LogP contribution is -2.39. The second-order valence-electron chi connectivity index (χ2n) is 7.01. The highest BCUT2D eigenvalue weighted by Crippen LogP contribution is 2.23. The molecule has 2 aromatic heterocycles. The summed E-state index contributed by atoms with van der Waals surface area (Å²) in [4.78, 5) is 53.5. The second-order valence-corrected chi connectivity index (χ2v) is 7.01. The Morgan fingerprint density at radius 1 is 1.17 bits per heavy atom. The zero-order valence-corrected chi connectivity index (χ0v) is 16.3. The molecule has 0 atom stereocenters. The lowest BCUT2D eigenvalue weighted by atomic mass is 9.97. The molecular formula is C19H23N5O5. The van der Waals surface area contributed by atoms with Crippen LogP contribution in [0.2, 0.25) is 0 Å². The molecule has 0 spiro atoms. The van der Waals surface area contributed by atoms with Crippen LogP contribution in [0.3, 0.4) is 0 Å². The number of amides is 1. The molecule has 1 aliphatic rings. The Morgan fingerprint density at radius 2 is 1.86 bits per heavy atom. The van der Waals surface area contributed by atoms with Gasteiger partial charge in [0.05, 0.1) is 17.2 Å². The smallest absolute Gasteiger partial charge is 0.330 e. The van der Waals surface area contributed by atoms with Crippen molar-refractivity contribution in [1.29, 1.82) is 0 Å². The maximum absolute atomic E-state index is 12.4. The molecule has 0 unspecified atom stereocenters. The van der Waals surface area contributed by atoms with Crippen LogP contribution >= 0.6 is 0 Å². The number of aromatic nitrogens is 3. The van der Waals surface area contributed by atoms with E-state index in [-0.39, 0.29) is 18.5 Å². The summed E-state index contributed by atoms with van der Waals surface area (Å²) in [7, 11) is 2.92. The van der Waals surface area contributed by atoms with Crippen molar-refractivity contribution in [3.63, 3.8) is 0 Å². The molecule has 0 bridgehead atoms. The molecule has 1 aliphatic heterocycles. The maximum atomic E-state index is 12.4. The Bertz CT molecular complexity index is 1030. The molecule has 2 N–H and O–H groups in total. The number of rotatable bonds is 5. The highest BCUT2D eigenvalue weighted by atomic mass is 16.5. The number of nitrogens with two attached hydrogens (primary N) is 1. The fraction of sp³-hybridized carbons (Fsp3) is 0.421. The summed E-state index contributed by atoms with van der Waals surface area (Å²) in [5.74, 6) is -0.425. The van der Waals surface area contributed by atoms with Crippen LogP contribution in [0.5, 0.6) is 0 Å². The van der Waals surface area contributed by atoms with Crippen molar-refractivity contribution in [2.24, 2.45) is 25.7 Å². The van der Waals surface area contributed by atoms with Crippen LogP contribution in [0.4, 0.5) is 5.82 Å². The maximum Gasteiger partial charge on any atom is 0.330 e. The first-order valence-corrected chi connectivity index (χ1v) is 9.21. The van der Waals surface area contributed by atoms with E-state index < -0.39 is 17.2 Å². The highest BCUT2D eigenvalue weighted by molar-refractivity contribution is 5.92. The standard InChI is InChI=1S/C19H23N5O5/c1-22-14(9-16(25)23(2)19(22)28)11-29-18(27)12-5-7-24(8-6-12)15-4-3-13(10-21-15)17(20)26/h3-4,9-10,12H,5-8,11H2,1-2H3,(H2,20,26). The Labute approximate surface area is 166 Å². The molecule has 0 aromatic carbocycles. The van der Waals surface area contributed by atoms with Crippen LogP contribution in [0.1, 0.15) is 28.9 Å². The average Bonchev–Trinajstić information content (AvgIpc) is 2.73. The van der Waals surface area contributed by atoms with Gasteiger partial charge in [-0.25, -0.2) is 9.78 Å². The third kappa shape index (κ3) is 4.36. The molecule has 10 nitrogen and oxygen atoms in total. The predicted octanol–water partition coefficient (Wildman–Crippen LogP) is -0.462. The largest absolute Gasteiger partial charge is 0.459 e. The zero-order chi connectivity index (χ0) is 21.1. The normalized spacial score (nSPS) is 14.6. The van der Waals surface area contributed by atoms with E-state index in [0.717, 1.165) is 10.4 Å². The van der Waals surface area contributed by atoms with E-state index in [0.29, 0.717) is 37.2 Å². The van der Waals surface area contributed by atoms with Gasteiger partial charge >= 0.3 is 11.7 Å². The summed E-state index contributed by atoms with van der Waals surface area (Å²) in [6, 6.07) is 4.65. The Hall–Kier alpha value is -3.43. The van der Waals surface area contributed by atoms with Crippen molar-refractivity contribution in [3.8, 4) is 0 Å². The minimum atomic E-state index is -0.528. The number of ether oxygens (including phenoxy) is 1. The molecule has 0 aliphatic carbocycles. The van der Waals surface area contributed by atoms with Crippen LogP contribution in [0.15, 0.2) is 34.0 Å². The third-order valence-corrected chi connectivity index (χ3v) is 5.17. The van der Waals surface area contributed by atoms with Gasteiger partial charge in [0.1, 0.15) is 12.4 Å². The molecule has 0 saturated carbocycles. The van der Waals surface area contributed by atoms with Crippen LogP contribution in [-0.4, -0.2) is 39.1 Å². The highest BCUT2D eigenvalue weighted by Gasteiger charge is 2.27. The number of nitrogens with zero attached hydrogens (tertiary/aromatic N) is 4. The molecule has 3 rings (SSSR count). The van der Waals surface area contributed by atoms with E-state index in [1.165, 1.54) is 30.9 Å². The van der Waals surface area contributed by atoms with Crippen LogP contribution in [0, 0.1) is 5.92 Å². The number of hydrogen-bond donors (Lipinski definition) is 1. The fourth-order valence-corrected chi connectivity index (χ4v) is 3.24. The quantitative estimate of drug-likeness (QED) is 0.671. The monoisotopic (exact) mass is 401 g/mol. The summed E-state index contributed by atoms with van der Waals surface area (Å²) < 4.78 is 7.63. The lowest BCUT2D eigenvalue weighted by molar-refractivity contribution is -0.150. The van der Waals surface area contributed by atoms with Crippen LogP contribution in [-0.2, 0) is 30.2 Å². The first kappa shape index (κ1) is 20.3. The molecule has 1 fully saturated rings. The van der Waals surface area contributed by atoms with Gasteiger partial charge in [-0.2, -0.15) is 0 Å². The molecule has 154 valence electrons. The summed E-state index contributed by atoms with van der Waals surface area (Å²) in [5, 5.41) is 0. The molecule has 1 saturated heterocycles. The Kier molecular flexibility index (Phi) is 5.81.